The van der Waals surface area contributed by atoms with Crippen LogP contribution in [0.15, 0.2) is 24.3 Å². The summed E-state index contributed by atoms with van der Waals surface area (Å²) in [5.74, 6) is 0. The molecule has 0 unspecified atom stereocenters. The van der Waals surface area contributed by atoms with Crippen molar-refractivity contribution in [1.29, 1.82) is 0 Å². The van der Waals surface area contributed by atoms with E-state index in [1.54, 1.807) is 6.07 Å². The van der Waals surface area contributed by atoms with Crippen LogP contribution in [0, 0.1) is 0 Å². The normalized spacial score (nSPS) is 19.9. The molecular weight excluding hydrogens is 241 g/mol. The van der Waals surface area contributed by atoms with Crippen LogP contribution in [0.5, 0.6) is 0 Å². The van der Waals surface area contributed by atoms with Crippen LogP contribution in [-0.2, 0) is 6.18 Å². The third-order valence-corrected chi connectivity index (χ3v) is 3.44. The molecule has 5 heteroatoms. The van der Waals surface area contributed by atoms with E-state index in [2.05, 4.69) is 0 Å². The molecule has 0 spiro atoms. The summed E-state index contributed by atoms with van der Waals surface area (Å²) in [6.07, 6.45) is -2.69. The molecule has 1 saturated heterocycles. The maximum absolute atomic E-state index is 12.6. The minimum Gasteiger partial charge on any atom is -0.371 e. The van der Waals surface area contributed by atoms with Crippen molar-refractivity contribution < 1.29 is 13.2 Å². The number of piperidine rings is 1. The highest BCUT2D eigenvalue weighted by Gasteiger charge is 2.31. The van der Waals surface area contributed by atoms with E-state index >= 15 is 0 Å². The number of rotatable bonds is 1. The lowest BCUT2D eigenvalue weighted by Gasteiger charge is -2.38. The van der Waals surface area contributed by atoms with Gasteiger partial charge in [-0.25, -0.2) is 0 Å². The van der Waals surface area contributed by atoms with E-state index < -0.39 is 11.7 Å². The molecule has 0 atom stereocenters. The van der Waals surface area contributed by atoms with Gasteiger partial charge in [-0.3, -0.25) is 0 Å². The molecule has 18 heavy (non-hydrogen) atoms. The summed E-state index contributed by atoms with van der Waals surface area (Å²) in [5.41, 5.74) is 5.84. The summed E-state index contributed by atoms with van der Waals surface area (Å²) in [5, 5.41) is 0. The highest BCUT2D eigenvalue weighted by molar-refractivity contribution is 5.49. The number of nitrogens with two attached hydrogens (primary N) is 1. The van der Waals surface area contributed by atoms with Crippen molar-refractivity contribution in [2.24, 2.45) is 5.73 Å². The lowest BCUT2D eigenvalue weighted by atomic mass is 9.91. The Morgan fingerprint density at radius 2 is 1.83 bits per heavy atom. The number of anilines is 1. The molecule has 0 amide bonds. The van der Waals surface area contributed by atoms with Crippen molar-refractivity contribution in [2.75, 3.05) is 18.0 Å². The smallest absolute Gasteiger partial charge is 0.371 e. The molecule has 1 fully saturated rings. The highest BCUT2D eigenvalue weighted by Crippen LogP contribution is 2.32. The Balaban J connectivity index is 2.15. The predicted molar refractivity (Wildman–Crippen MR) is 65.5 cm³/mol. The predicted octanol–water partition coefficient (Wildman–Crippen LogP) is 3.02. The van der Waals surface area contributed by atoms with Crippen LogP contribution in [0.1, 0.15) is 25.3 Å². The summed E-state index contributed by atoms with van der Waals surface area (Å²) in [4.78, 5) is 1.96. The van der Waals surface area contributed by atoms with Gasteiger partial charge in [0.25, 0.3) is 0 Å². The van der Waals surface area contributed by atoms with Crippen molar-refractivity contribution >= 4 is 5.69 Å². The number of hydrogen-bond donors (Lipinski definition) is 1. The van der Waals surface area contributed by atoms with Crippen molar-refractivity contribution in [2.45, 2.75) is 31.5 Å². The Morgan fingerprint density at radius 3 is 2.39 bits per heavy atom. The molecule has 0 aliphatic carbocycles. The molecule has 2 N–H and O–H groups in total. The van der Waals surface area contributed by atoms with Crippen LogP contribution in [0.2, 0.25) is 0 Å². The van der Waals surface area contributed by atoms with Gasteiger partial charge in [0.15, 0.2) is 0 Å². The highest BCUT2D eigenvalue weighted by atomic mass is 19.4. The Morgan fingerprint density at radius 1 is 1.22 bits per heavy atom. The van der Waals surface area contributed by atoms with E-state index in [0.717, 1.165) is 18.9 Å². The van der Waals surface area contributed by atoms with Crippen LogP contribution in [0.4, 0.5) is 18.9 Å². The van der Waals surface area contributed by atoms with Gasteiger partial charge in [0.2, 0.25) is 0 Å². The second kappa shape index (κ2) is 4.46. The molecule has 1 aliphatic heterocycles. The Hall–Kier alpha value is -1.23. The van der Waals surface area contributed by atoms with E-state index in [-0.39, 0.29) is 5.54 Å². The minimum atomic E-state index is -4.28. The molecule has 100 valence electrons. The molecule has 1 aliphatic rings. The van der Waals surface area contributed by atoms with Crippen molar-refractivity contribution in [3.05, 3.63) is 29.8 Å². The molecule has 1 aromatic carbocycles. The summed E-state index contributed by atoms with van der Waals surface area (Å²) in [6, 6.07) is 5.47. The fourth-order valence-electron chi connectivity index (χ4n) is 2.15. The summed E-state index contributed by atoms with van der Waals surface area (Å²) >= 11 is 0. The van der Waals surface area contributed by atoms with Crippen LogP contribution >= 0.6 is 0 Å². The molecule has 0 saturated carbocycles. The van der Waals surface area contributed by atoms with Gasteiger partial charge >= 0.3 is 6.18 Å². The zero-order valence-electron chi connectivity index (χ0n) is 10.3. The number of halogens is 3. The fourth-order valence-corrected chi connectivity index (χ4v) is 2.15. The Labute approximate surface area is 105 Å². The maximum Gasteiger partial charge on any atom is 0.416 e. The third kappa shape index (κ3) is 2.96. The van der Waals surface area contributed by atoms with E-state index in [9.17, 15) is 13.2 Å². The summed E-state index contributed by atoms with van der Waals surface area (Å²) < 4.78 is 37.9. The number of hydrogen-bond acceptors (Lipinski definition) is 2. The van der Waals surface area contributed by atoms with E-state index in [4.69, 9.17) is 5.73 Å². The summed E-state index contributed by atoms with van der Waals surface area (Å²) in [7, 11) is 0. The van der Waals surface area contributed by atoms with Crippen molar-refractivity contribution in [3.8, 4) is 0 Å². The average Bonchev–Trinajstić information content (AvgIpc) is 2.28. The molecule has 0 bridgehead atoms. The largest absolute Gasteiger partial charge is 0.416 e. The number of alkyl halides is 3. The van der Waals surface area contributed by atoms with Gasteiger partial charge in [-0.1, -0.05) is 6.07 Å². The van der Waals surface area contributed by atoms with Crippen LogP contribution in [0.3, 0.4) is 0 Å². The standard InChI is InChI=1S/C13H17F3N2/c1-12(17)5-7-18(8-6-12)11-4-2-3-10(9-11)13(14,15)16/h2-4,9H,5-8,17H2,1H3. The minimum absolute atomic E-state index is 0.196. The van der Waals surface area contributed by atoms with Crippen LogP contribution < -0.4 is 10.6 Å². The Kier molecular flexibility index (Phi) is 3.27. The molecule has 0 aromatic heterocycles. The monoisotopic (exact) mass is 258 g/mol. The quantitative estimate of drug-likeness (QED) is 0.839. The van der Waals surface area contributed by atoms with E-state index in [1.807, 2.05) is 11.8 Å². The van der Waals surface area contributed by atoms with Gasteiger partial charge < -0.3 is 10.6 Å². The van der Waals surface area contributed by atoms with Crippen molar-refractivity contribution in [1.82, 2.24) is 0 Å². The average molecular weight is 258 g/mol. The first-order valence-corrected chi connectivity index (χ1v) is 5.99. The first-order chi connectivity index (χ1) is 8.28. The SMILES string of the molecule is CC1(N)CCN(c2cccc(C(F)(F)F)c2)CC1. The Bertz CT molecular complexity index is 416. The first kappa shape index (κ1) is 13.2. The molecular formula is C13H17F3N2. The van der Waals surface area contributed by atoms with E-state index in [0.29, 0.717) is 18.8 Å². The second-order valence-electron chi connectivity index (χ2n) is 5.19. The number of benzene rings is 1. The summed E-state index contributed by atoms with van der Waals surface area (Å²) in [6.45, 7) is 3.39. The number of nitrogens with zero attached hydrogens (tertiary/aromatic N) is 1. The van der Waals surface area contributed by atoms with Crippen LogP contribution in [-0.4, -0.2) is 18.6 Å². The molecule has 2 rings (SSSR count). The van der Waals surface area contributed by atoms with Gasteiger partial charge in [-0.05, 0) is 38.0 Å². The lowest BCUT2D eigenvalue weighted by molar-refractivity contribution is -0.137. The second-order valence-corrected chi connectivity index (χ2v) is 5.19. The lowest BCUT2D eigenvalue weighted by Crippen LogP contribution is -2.48. The van der Waals surface area contributed by atoms with Gasteiger partial charge in [-0.2, -0.15) is 13.2 Å². The third-order valence-electron chi connectivity index (χ3n) is 3.44. The van der Waals surface area contributed by atoms with Crippen LogP contribution in [0.25, 0.3) is 0 Å². The van der Waals surface area contributed by atoms with E-state index in [1.165, 1.54) is 12.1 Å². The molecule has 1 heterocycles. The van der Waals surface area contributed by atoms with Gasteiger partial charge in [0.05, 0.1) is 5.56 Å². The van der Waals surface area contributed by atoms with Gasteiger partial charge in [0, 0.05) is 24.3 Å². The molecule has 0 radical (unpaired) electrons. The van der Waals surface area contributed by atoms with Crippen molar-refractivity contribution in [3.63, 3.8) is 0 Å². The topological polar surface area (TPSA) is 29.3 Å². The first-order valence-electron chi connectivity index (χ1n) is 5.99. The molecule has 1 aromatic rings. The van der Waals surface area contributed by atoms with Gasteiger partial charge in [0.1, 0.15) is 0 Å². The zero-order valence-corrected chi connectivity index (χ0v) is 10.3. The van der Waals surface area contributed by atoms with Gasteiger partial charge in [-0.15, -0.1) is 0 Å². The zero-order chi connectivity index (χ0) is 13.4. The molecule has 2 nitrogen and oxygen atoms in total. The fraction of sp³-hybridized carbons (Fsp3) is 0.538. The maximum atomic E-state index is 12.6.